The van der Waals surface area contributed by atoms with E-state index in [1.165, 1.54) is 12.8 Å². The normalized spacial score (nSPS) is 25.9. The summed E-state index contributed by atoms with van der Waals surface area (Å²) in [6.45, 7) is 7.56. The van der Waals surface area contributed by atoms with Crippen LogP contribution in [-0.2, 0) is 4.79 Å². The van der Waals surface area contributed by atoms with E-state index in [4.69, 9.17) is 5.73 Å². The van der Waals surface area contributed by atoms with E-state index in [9.17, 15) is 4.79 Å². The average Bonchev–Trinajstić information content (AvgIpc) is 2.29. The van der Waals surface area contributed by atoms with Gasteiger partial charge in [-0.1, -0.05) is 6.92 Å². The van der Waals surface area contributed by atoms with Crippen LogP contribution < -0.4 is 5.73 Å². The number of likely N-dealkylation sites (N-methyl/N-ethyl adjacent to an activating group) is 1. The molecule has 0 bridgehead atoms. The third-order valence-corrected chi connectivity index (χ3v) is 3.74. The van der Waals surface area contributed by atoms with E-state index in [0.29, 0.717) is 19.1 Å². The van der Waals surface area contributed by atoms with Crippen LogP contribution in [0.5, 0.6) is 0 Å². The molecular formula is C13H27N3O. The molecule has 1 aliphatic rings. The zero-order valence-electron chi connectivity index (χ0n) is 11.5. The van der Waals surface area contributed by atoms with Crippen LogP contribution >= 0.6 is 0 Å². The predicted molar refractivity (Wildman–Crippen MR) is 70.7 cm³/mol. The maximum Gasteiger partial charge on any atom is 0.236 e. The van der Waals surface area contributed by atoms with Crippen molar-refractivity contribution in [1.29, 1.82) is 0 Å². The Labute approximate surface area is 105 Å². The summed E-state index contributed by atoms with van der Waals surface area (Å²) in [6.07, 6.45) is 3.30. The van der Waals surface area contributed by atoms with Gasteiger partial charge in [-0.25, -0.2) is 0 Å². The summed E-state index contributed by atoms with van der Waals surface area (Å²) in [6, 6.07) is 0.533. The SMILES string of the molecule is CC1CCN(CC(=O)N(C)CCCN)C(C)C1. The Bertz CT molecular complexity index is 245. The first-order valence-corrected chi connectivity index (χ1v) is 6.72. The Morgan fingerprint density at radius 2 is 2.18 bits per heavy atom. The average molecular weight is 241 g/mol. The largest absolute Gasteiger partial charge is 0.345 e. The molecule has 0 aliphatic carbocycles. The molecule has 0 saturated carbocycles. The van der Waals surface area contributed by atoms with Crippen LogP contribution in [0.15, 0.2) is 0 Å². The van der Waals surface area contributed by atoms with Gasteiger partial charge in [-0.05, 0) is 45.2 Å². The summed E-state index contributed by atoms with van der Waals surface area (Å²) in [4.78, 5) is 16.1. The standard InChI is InChI=1S/C13H27N3O/c1-11-5-8-16(12(2)9-11)10-13(17)15(3)7-4-6-14/h11-12H,4-10,14H2,1-3H3. The molecule has 0 aromatic rings. The zero-order chi connectivity index (χ0) is 12.8. The first kappa shape index (κ1) is 14.5. The molecule has 0 aromatic heterocycles. The number of piperidine rings is 1. The minimum Gasteiger partial charge on any atom is -0.345 e. The second kappa shape index (κ2) is 6.97. The van der Waals surface area contributed by atoms with Crippen molar-refractivity contribution in [2.45, 2.75) is 39.2 Å². The van der Waals surface area contributed by atoms with Gasteiger partial charge in [-0.2, -0.15) is 0 Å². The number of carbonyl (C=O) groups excluding carboxylic acids is 1. The number of carbonyl (C=O) groups is 1. The van der Waals surface area contributed by atoms with Crippen molar-refractivity contribution in [1.82, 2.24) is 9.80 Å². The van der Waals surface area contributed by atoms with Crippen LogP contribution in [0, 0.1) is 5.92 Å². The molecule has 4 heteroatoms. The highest BCUT2D eigenvalue weighted by Gasteiger charge is 2.25. The van der Waals surface area contributed by atoms with E-state index < -0.39 is 0 Å². The molecule has 0 spiro atoms. The van der Waals surface area contributed by atoms with E-state index in [0.717, 1.165) is 25.4 Å². The number of amides is 1. The van der Waals surface area contributed by atoms with E-state index >= 15 is 0 Å². The summed E-state index contributed by atoms with van der Waals surface area (Å²) >= 11 is 0. The molecule has 1 rings (SSSR count). The van der Waals surface area contributed by atoms with Gasteiger partial charge in [0.2, 0.25) is 5.91 Å². The van der Waals surface area contributed by atoms with E-state index in [1.54, 1.807) is 4.90 Å². The molecule has 0 radical (unpaired) electrons. The second-order valence-corrected chi connectivity index (χ2v) is 5.41. The first-order valence-electron chi connectivity index (χ1n) is 6.72. The molecule has 17 heavy (non-hydrogen) atoms. The van der Waals surface area contributed by atoms with Gasteiger partial charge in [0.25, 0.3) is 0 Å². The molecule has 100 valence electrons. The monoisotopic (exact) mass is 241 g/mol. The highest BCUT2D eigenvalue weighted by atomic mass is 16.2. The molecule has 2 N–H and O–H groups in total. The Hall–Kier alpha value is -0.610. The second-order valence-electron chi connectivity index (χ2n) is 5.41. The Morgan fingerprint density at radius 3 is 2.76 bits per heavy atom. The van der Waals surface area contributed by atoms with Crippen molar-refractivity contribution in [2.75, 3.05) is 33.2 Å². The predicted octanol–water partition coefficient (Wildman–Crippen LogP) is 0.914. The van der Waals surface area contributed by atoms with E-state index in [2.05, 4.69) is 18.7 Å². The minimum atomic E-state index is 0.222. The zero-order valence-corrected chi connectivity index (χ0v) is 11.5. The Kier molecular flexibility index (Phi) is 5.92. The van der Waals surface area contributed by atoms with Crippen molar-refractivity contribution < 1.29 is 4.79 Å². The van der Waals surface area contributed by atoms with Crippen LogP contribution in [0.4, 0.5) is 0 Å². The van der Waals surface area contributed by atoms with Crippen LogP contribution in [0.25, 0.3) is 0 Å². The van der Waals surface area contributed by atoms with Crippen molar-refractivity contribution >= 4 is 5.91 Å². The summed E-state index contributed by atoms with van der Waals surface area (Å²) < 4.78 is 0. The van der Waals surface area contributed by atoms with Gasteiger partial charge in [-0.15, -0.1) is 0 Å². The minimum absolute atomic E-state index is 0.222. The van der Waals surface area contributed by atoms with Crippen LogP contribution in [-0.4, -0.2) is 55.0 Å². The molecule has 1 aliphatic heterocycles. The number of likely N-dealkylation sites (tertiary alicyclic amines) is 1. The number of hydrogen-bond donors (Lipinski definition) is 1. The molecule has 4 nitrogen and oxygen atoms in total. The van der Waals surface area contributed by atoms with Gasteiger partial charge >= 0.3 is 0 Å². The Morgan fingerprint density at radius 1 is 1.47 bits per heavy atom. The smallest absolute Gasteiger partial charge is 0.236 e. The fraction of sp³-hybridized carbons (Fsp3) is 0.923. The first-order chi connectivity index (χ1) is 8.04. The summed E-state index contributed by atoms with van der Waals surface area (Å²) in [7, 11) is 1.87. The van der Waals surface area contributed by atoms with Gasteiger partial charge in [0.15, 0.2) is 0 Å². The molecule has 1 fully saturated rings. The number of nitrogens with two attached hydrogens (primary N) is 1. The molecule has 1 heterocycles. The summed E-state index contributed by atoms with van der Waals surface area (Å²) in [5.41, 5.74) is 5.45. The van der Waals surface area contributed by atoms with Crippen molar-refractivity contribution in [3.63, 3.8) is 0 Å². The van der Waals surface area contributed by atoms with Gasteiger partial charge in [0.1, 0.15) is 0 Å². The lowest BCUT2D eigenvalue weighted by molar-refractivity contribution is -0.132. The number of nitrogens with zero attached hydrogens (tertiary/aromatic N) is 2. The van der Waals surface area contributed by atoms with Crippen molar-refractivity contribution in [3.8, 4) is 0 Å². The van der Waals surface area contributed by atoms with Gasteiger partial charge in [0, 0.05) is 19.6 Å². The molecular weight excluding hydrogens is 214 g/mol. The fourth-order valence-electron chi connectivity index (χ4n) is 2.44. The van der Waals surface area contributed by atoms with Gasteiger partial charge in [0.05, 0.1) is 6.54 Å². The Balaban J connectivity index is 2.34. The third kappa shape index (κ3) is 4.64. The lowest BCUT2D eigenvalue weighted by atomic mass is 9.93. The lowest BCUT2D eigenvalue weighted by Crippen LogP contribution is -2.46. The topological polar surface area (TPSA) is 49.6 Å². The molecule has 2 unspecified atom stereocenters. The highest BCUT2D eigenvalue weighted by Crippen LogP contribution is 2.21. The fourth-order valence-corrected chi connectivity index (χ4v) is 2.44. The lowest BCUT2D eigenvalue weighted by Gasteiger charge is -2.36. The van der Waals surface area contributed by atoms with E-state index in [1.807, 2.05) is 7.05 Å². The van der Waals surface area contributed by atoms with Crippen LogP contribution in [0.1, 0.15) is 33.1 Å². The number of hydrogen-bond acceptors (Lipinski definition) is 3. The highest BCUT2D eigenvalue weighted by molar-refractivity contribution is 5.78. The molecule has 1 saturated heterocycles. The van der Waals surface area contributed by atoms with E-state index in [-0.39, 0.29) is 5.91 Å². The summed E-state index contributed by atoms with van der Waals surface area (Å²) in [5.74, 6) is 1.02. The molecule has 0 aromatic carbocycles. The third-order valence-electron chi connectivity index (χ3n) is 3.74. The van der Waals surface area contributed by atoms with Gasteiger partial charge in [-0.3, -0.25) is 9.69 Å². The van der Waals surface area contributed by atoms with Gasteiger partial charge < -0.3 is 10.6 Å². The summed E-state index contributed by atoms with van der Waals surface area (Å²) in [5, 5.41) is 0. The molecule has 1 amide bonds. The number of rotatable bonds is 5. The maximum absolute atomic E-state index is 12.0. The van der Waals surface area contributed by atoms with Crippen LogP contribution in [0.2, 0.25) is 0 Å². The molecule has 2 atom stereocenters. The quantitative estimate of drug-likeness (QED) is 0.778. The van der Waals surface area contributed by atoms with Crippen molar-refractivity contribution in [3.05, 3.63) is 0 Å². The maximum atomic E-state index is 12.0. The van der Waals surface area contributed by atoms with Crippen molar-refractivity contribution in [2.24, 2.45) is 11.7 Å². The van der Waals surface area contributed by atoms with Crippen LogP contribution in [0.3, 0.4) is 0 Å².